The van der Waals surface area contributed by atoms with E-state index in [4.69, 9.17) is 0 Å². The summed E-state index contributed by atoms with van der Waals surface area (Å²) in [7, 11) is 0. The molecule has 2 atom stereocenters. The Labute approximate surface area is 177 Å². The summed E-state index contributed by atoms with van der Waals surface area (Å²) in [6.45, 7) is 5.59. The number of aromatic nitrogens is 2. The van der Waals surface area contributed by atoms with Gasteiger partial charge in [0.25, 0.3) is 0 Å². The van der Waals surface area contributed by atoms with Crippen LogP contribution in [-0.2, 0) is 17.9 Å². The van der Waals surface area contributed by atoms with Crippen LogP contribution in [0.1, 0.15) is 31.4 Å². The van der Waals surface area contributed by atoms with Crippen LogP contribution in [0.2, 0.25) is 0 Å². The molecule has 2 aromatic carbocycles. The Bertz CT molecular complexity index is 966. The molecule has 6 heteroatoms. The number of rotatable bonds is 7. The van der Waals surface area contributed by atoms with Gasteiger partial charge in [-0.2, -0.15) is 5.10 Å². The molecule has 0 bridgehead atoms. The molecule has 1 aliphatic rings. The summed E-state index contributed by atoms with van der Waals surface area (Å²) in [5.74, 6) is 0.530. The van der Waals surface area contributed by atoms with Crippen LogP contribution in [0.4, 0.5) is 0 Å². The molecular weight excluding hydrogens is 374 g/mol. The number of hydrazine groups is 1. The van der Waals surface area contributed by atoms with Gasteiger partial charge in [-0.1, -0.05) is 62.4 Å². The fraction of sp³-hybridized carbons (Fsp3) is 0.333. The number of nitrogens with zero attached hydrogens (tertiary/aromatic N) is 2. The Morgan fingerprint density at radius 2 is 1.93 bits per heavy atom. The maximum atomic E-state index is 12.6. The van der Waals surface area contributed by atoms with Crippen molar-refractivity contribution in [2.24, 2.45) is 5.92 Å². The van der Waals surface area contributed by atoms with E-state index >= 15 is 0 Å². The van der Waals surface area contributed by atoms with Crippen molar-refractivity contribution in [2.45, 2.75) is 45.4 Å². The SMILES string of the molecule is CC(C)C1CC(C(=O)NCc2ccccc2-c2ccc(Cn3cccn3)cc2)NN1. The summed E-state index contributed by atoms with van der Waals surface area (Å²) in [6, 6.07) is 18.8. The third-order valence-corrected chi connectivity index (χ3v) is 5.69. The molecule has 30 heavy (non-hydrogen) atoms. The van der Waals surface area contributed by atoms with Crippen molar-refractivity contribution in [3.63, 3.8) is 0 Å². The Kier molecular flexibility index (Phi) is 6.26. The lowest BCUT2D eigenvalue weighted by molar-refractivity contribution is -0.123. The van der Waals surface area contributed by atoms with E-state index in [2.05, 4.69) is 71.5 Å². The molecule has 0 saturated carbocycles. The van der Waals surface area contributed by atoms with Crippen molar-refractivity contribution >= 4 is 5.91 Å². The van der Waals surface area contributed by atoms with Gasteiger partial charge in [-0.25, -0.2) is 5.43 Å². The highest BCUT2D eigenvalue weighted by Gasteiger charge is 2.30. The molecule has 3 N–H and O–H groups in total. The van der Waals surface area contributed by atoms with Gasteiger partial charge in [0, 0.05) is 25.0 Å². The van der Waals surface area contributed by atoms with E-state index in [1.54, 1.807) is 6.20 Å². The number of carbonyl (C=O) groups excluding carboxylic acids is 1. The Hall–Kier alpha value is -2.96. The second-order valence-electron chi connectivity index (χ2n) is 8.20. The van der Waals surface area contributed by atoms with Gasteiger partial charge in [0.15, 0.2) is 0 Å². The molecule has 1 aliphatic heterocycles. The molecular formula is C24H29N5O. The summed E-state index contributed by atoms with van der Waals surface area (Å²) in [5.41, 5.74) is 10.9. The first-order valence-electron chi connectivity index (χ1n) is 10.5. The largest absolute Gasteiger partial charge is 0.351 e. The van der Waals surface area contributed by atoms with Crippen molar-refractivity contribution in [1.29, 1.82) is 0 Å². The van der Waals surface area contributed by atoms with E-state index in [-0.39, 0.29) is 11.9 Å². The van der Waals surface area contributed by atoms with E-state index in [0.29, 0.717) is 18.5 Å². The third-order valence-electron chi connectivity index (χ3n) is 5.69. The lowest BCUT2D eigenvalue weighted by Crippen LogP contribution is -2.43. The predicted molar refractivity (Wildman–Crippen MR) is 118 cm³/mol. The minimum Gasteiger partial charge on any atom is -0.351 e. The van der Waals surface area contributed by atoms with Crippen molar-refractivity contribution in [2.75, 3.05) is 0 Å². The van der Waals surface area contributed by atoms with Crippen LogP contribution in [0.25, 0.3) is 11.1 Å². The fourth-order valence-corrected chi connectivity index (χ4v) is 3.82. The summed E-state index contributed by atoms with van der Waals surface area (Å²) in [5, 5.41) is 7.36. The summed E-state index contributed by atoms with van der Waals surface area (Å²) in [4.78, 5) is 12.6. The highest BCUT2D eigenvalue weighted by atomic mass is 16.2. The normalized spacial score (nSPS) is 18.6. The molecule has 4 rings (SSSR count). The number of amides is 1. The van der Waals surface area contributed by atoms with E-state index in [1.165, 1.54) is 5.56 Å². The zero-order chi connectivity index (χ0) is 20.9. The molecule has 2 unspecified atom stereocenters. The first kappa shape index (κ1) is 20.3. The van der Waals surface area contributed by atoms with Crippen LogP contribution in [0.15, 0.2) is 67.0 Å². The molecule has 3 aromatic rings. The van der Waals surface area contributed by atoms with Crippen molar-refractivity contribution in [1.82, 2.24) is 25.9 Å². The van der Waals surface area contributed by atoms with E-state index < -0.39 is 0 Å². The molecule has 0 spiro atoms. The second kappa shape index (κ2) is 9.24. The maximum Gasteiger partial charge on any atom is 0.238 e. The zero-order valence-electron chi connectivity index (χ0n) is 17.5. The first-order valence-corrected chi connectivity index (χ1v) is 10.5. The van der Waals surface area contributed by atoms with Crippen LogP contribution in [0, 0.1) is 5.92 Å². The van der Waals surface area contributed by atoms with Crippen LogP contribution >= 0.6 is 0 Å². The molecule has 6 nitrogen and oxygen atoms in total. The van der Waals surface area contributed by atoms with Gasteiger partial charge in [-0.3, -0.25) is 14.9 Å². The number of nitrogens with one attached hydrogen (secondary N) is 3. The average Bonchev–Trinajstić information content (AvgIpc) is 3.45. The maximum absolute atomic E-state index is 12.6. The Morgan fingerprint density at radius 3 is 2.63 bits per heavy atom. The molecule has 156 valence electrons. The van der Waals surface area contributed by atoms with Crippen LogP contribution in [0.5, 0.6) is 0 Å². The van der Waals surface area contributed by atoms with E-state index in [1.807, 2.05) is 29.1 Å². The van der Waals surface area contributed by atoms with Crippen LogP contribution in [0.3, 0.4) is 0 Å². The molecule has 0 radical (unpaired) electrons. The van der Waals surface area contributed by atoms with Gasteiger partial charge in [0.2, 0.25) is 5.91 Å². The highest BCUT2D eigenvalue weighted by molar-refractivity contribution is 5.82. The molecule has 1 saturated heterocycles. The molecule has 1 amide bonds. The Morgan fingerprint density at radius 1 is 1.13 bits per heavy atom. The van der Waals surface area contributed by atoms with Crippen molar-refractivity contribution < 1.29 is 4.79 Å². The number of carbonyl (C=O) groups is 1. The third kappa shape index (κ3) is 4.78. The number of benzene rings is 2. The Balaban J connectivity index is 1.41. The van der Waals surface area contributed by atoms with Gasteiger partial charge in [-0.05, 0) is 40.7 Å². The lowest BCUT2D eigenvalue weighted by atomic mass is 9.98. The predicted octanol–water partition coefficient (Wildman–Crippen LogP) is 3.11. The van der Waals surface area contributed by atoms with Crippen molar-refractivity contribution in [3.05, 3.63) is 78.1 Å². The summed E-state index contributed by atoms with van der Waals surface area (Å²) in [6.07, 6.45) is 4.56. The van der Waals surface area contributed by atoms with Gasteiger partial charge in [-0.15, -0.1) is 0 Å². The molecule has 0 aliphatic carbocycles. The number of hydrogen-bond donors (Lipinski definition) is 3. The minimum absolute atomic E-state index is 0.0371. The van der Waals surface area contributed by atoms with Gasteiger partial charge >= 0.3 is 0 Å². The van der Waals surface area contributed by atoms with Gasteiger partial charge in [0.05, 0.1) is 6.54 Å². The molecule has 2 heterocycles. The average molecular weight is 404 g/mol. The fourth-order valence-electron chi connectivity index (χ4n) is 3.82. The van der Waals surface area contributed by atoms with Crippen LogP contribution in [-0.4, -0.2) is 27.8 Å². The highest BCUT2D eigenvalue weighted by Crippen LogP contribution is 2.24. The van der Waals surface area contributed by atoms with E-state index in [0.717, 1.165) is 29.7 Å². The quantitative estimate of drug-likeness (QED) is 0.567. The monoisotopic (exact) mass is 403 g/mol. The topological polar surface area (TPSA) is 71.0 Å². The zero-order valence-corrected chi connectivity index (χ0v) is 17.5. The second-order valence-corrected chi connectivity index (χ2v) is 8.20. The molecule has 1 fully saturated rings. The standard InChI is InChI=1S/C24H29N5O/c1-17(2)22-14-23(28-27-22)24(30)25-15-20-6-3-4-7-21(20)19-10-8-18(9-11-19)16-29-13-5-12-26-29/h3-13,17,22-23,27-28H,14-16H2,1-2H3,(H,25,30). The molecule has 1 aromatic heterocycles. The smallest absolute Gasteiger partial charge is 0.238 e. The van der Waals surface area contributed by atoms with Gasteiger partial charge in [0.1, 0.15) is 6.04 Å². The summed E-state index contributed by atoms with van der Waals surface area (Å²) < 4.78 is 1.91. The minimum atomic E-state index is -0.189. The number of hydrogen-bond acceptors (Lipinski definition) is 4. The first-order chi connectivity index (χ1) is 14.6. The lowest BCUT2D eigenvalue weighted by Gasteiger charge is -2.14. The van der Waals surface area contributed by atoms with Crippen LogP contribution < -0.4 is 16.2 Å². The van der Waals surface area contributed by atoms with Crippen molar-refractivity contribution in [3.8, 4) is 11.1 Å². The van der Waals surface area contributed by atoms with E-state index in [9.17, 15) is 4.79 Å². The van der Waals surface area contributed by atoms with Gasteiger partial charge < -0.3 is 5.32 Å². The summed E-state index contributed by atoms with van der Waals surface area (Å²) >= 11 is 0.